The summed E-state index contributed by atoms with van der Waals surface area (Å²) in [5, 5.41) is 0. The van der Waals surface area contributed by atoms with Gasteiger partial charge in [-0.15, -0.1) is 0 Å². The first kappa shape index (κ1) is 9.46. The van der Waals surface area contributed by atoms with Crippen molar-refractivity contribution < 1.29 is 4.39 Å². The average molecular weight is 224 g/mol. The van der Waals surface area contributed by atoms with Crippen molar-refractivity contribution in [2.45, 2.75) is 17.7 Å². The normalized spacial score (nSPS) is 30.5. The molecule has 0 aromatic carbocycles. The van der Waals surface area contributed by atoms with Gasteiger partial charge in [0.1, 0.15) is 6.67 Å². The first-order valence-electron chi connectivity index (χ1n) is 4.11. The molecule has 11 heavy (non-hydrogen) atoms. The van der Waals surface area contributed by atoms with Crippen LogP contribution in [0.1, 0.15) is 12.8 Å². The Hall–Kier alpha value is 0.370. The van der Waals surface area contributed by atoms with E-state index in [2.05, 4.69) is 20.8 Å². The molecule has 1 saturated carbocycles. The maximum atomic E-state index is 11.8. The second-order valence-electron chi connectivity index (χ2n) is 3.39. The zero-order valence-electron chi connectivity index (χ0n) is 6.89. The van der Waals surface area contributed by atoms with Crippen molar-refractivity contribution in [1.82, 2.24) is 4.90 Å². The standard InChI is InChI=1S/C8H15BrFN/c1-11(3-2-10)6-7-4-8(9)5-7/h7-8H,2-6H2,1H3. The van der Waals surface area contributed by atoms with Crippen molar-refractivity contribution in [2.24, 2.45) is 5.92 Å². The molecule has 1 nitrogen and oxygen atoms in total. The number of rotatable bonds is 4. The molecule has 66 valence electrons. The highest BCUT2D eigenvalue weighted by Crippen LogP contribution is 2.33. The minimum Gasteiger partial charge on any atom is -0.303 e. The number of alkyl halides is 2. The molecule has 0 atom stereocenters. The number of hydrogen-bond donors (Lipinski definition) is 0. The van der Waals surface area contributed by atoms with Crippen LogP contribution in [0.5, 0.6) is 0 Å². The molecule has 0 unspecified atom stereocenters. The first-order valence-corrected chi connectivity index (χ1v) is 5.02. The molecule has 3 heteroatoms. The minimum absolute atomic E-state index is 0.221. The van der Waals surface area contributed by atoms with Gasteiger partial charge in [-0.25, -0.2) is 4.39 Å². The summed E-state index contributed by atoms with van der Waals surface area (Å²) in [5.74, 6) is 0.802. The molecule has 1 fully saturated rings. The maximum Gasteiger partial charge on any atom is 0.102 e. The zero-order valence-corrected chi connectivity index (χ0v) is 8.48. The van der Waals surface area contributed by atoms with Crippen LogP contribution in [0, 0.1) is 5.92 Å². The highest BCUT2D eigenvalue weighted by Gasteiger charge is 2.27. The smallest absolute Gasteiger partial charge is 0.102 e. The largest absolute Gasteiger partial charge is 0.303 e. The Morgan fingerprint density at radius 3 is 2.64 bits per heavy atom. The molecule has 0 saturated heterocycles. The summed E-state index contributed by atoms with van der Waals surface area (Å²) in [5.41, 5.74) is 0. The molecule has 1 aliphatic rings. The van der Waals surface area contributed by atoms with Gasteiger partial charge in [-0.05, 0) is 25.8 Å². The zero-order chi connectivity index (χ0) is 8.27. The van der Waals surface area contributed by atoms with Crippen LogP contribution >= 0.6 is 15.9 Å². The van der Waals surface area contributed by atoms with Gasteiger partial charge in [0.15, 0.2) is 0 Å². The van der Waals surface area contributed by atoms with Crippen molar-refractivity contribution in [1.29, 1.82) is 0 Å². The highest BCUT2D eigenvalue weighted by atomic mass is 79.9. The summed E-state index contributed by atoms with van der Waals surface area (Å²) in [6.07, 6.45) is 2.52. The van der Waals surface area contributed by atoms with Crippen molar-refractivity contribution in [3.8, 4) is 0 Å². The molecule has 0 amide bonds. The Kier molecular flexibility index (Phi) is 3.79. The SMILES string of the molecule is CN(CCF)CC1CC(Br)C1. The van der Waals surface area contributed by atoms with Crippen LogP contribution in [0.15, 0.2) is 0 Å². The predicted octanol–water partition coefficient (Wildman–Crippen LogP) is 2.06. The molecule has 0 radical (unpaired) electrons. The Labute approximate surface area is 76.1 Å². The molecule has 1 rings (SSSR count). The lowest BCUT2D eigenvalue weighted by Gasteiger charge is -2.34. The molecule has 0 aromatic rings. The van der Waals surface area contributed by atoms with Crippen LogP contribution in [0.2, 0.25) is 0 Å². The molecular formula is C8H15BrFN. The van der Waals surface area contributed by atoms with Crippen LogP contribution in [0.25, 0.3) is 0 Å². The van der Waals surface area contributed by atoms with E-state index in [0.29, 0.717) is 6.54 Å². The Morgan fingerprint density at radius 2 is 2.18 bits per heavy atom. The van der Waals surface area contributed by atoms with Gasteiger partial charge in [-0.2, -0.15) is 0 Å². The van der Waals surface area contributed by atoms with E-state index in [1.165, 1.54) is 12.8 Å². The molecule has 0 aliphatic heterocycles. The summed E-state index contributed by atoms with van der Waals surface area (Å²) < 4.78 is 11.8. The van der Waals surface area contributed by atoms with E-state index in [-0.39, 0.29) is 6.67 Å². The van der Waals surface area contributed by atoms with Crippen molar-refractivity contribution in [3.63, 3.8) is 0 Å². The molecular weight excluding hydrogens is 209 g/mol. The molecule has 0 bridgehead atoms. The van der Waals surface area contributed by atoms with Gasteiger partial charge < -0.3 is 4.90 Å². The molecule has 1 aliphatic carbocycles. The lowest BCUT2D eigenvalue weighted by molar-refractivity contribution is 0.202. The van der Waals surface area contributed by atoms with Crippen LogP contribution < -0.4 is 0 Å². The second-order valence-corrected chi connectivity index (χ2v) is 4.68. The minimum atomic E-state index is -0.221. The fourth-order valence-electron chi connectivity index (χ4n) is 1.48. The van der Waals surface area contributed by atoms with E-state index < -0.39 is 0 Å². The highest BCUT2D eigenvalue weighted by molar-refractivity contribution is 9.09. The van der Waals surface area contributed by atoms with Crippen molar-refractivity contribution >= 4 is 15.9 Å². The van der Waals surface area contributed by atoms with Gasteiger partial charge in [0, 0.05) is 17.9 Å². The summed E-state index contributed by atoms with van der Waals surface area (Å²) >= 11 is 3.54. The van der Waals surface area contributed by atoms with Crippen LogP contribution in [-0.4, -0.2) is 36.5 Å². The quantitative estimate of drug-likeness (QED) is 0.660. The topological polar surface area (TPSA) is 3.24 Å². The van der Waals surface area contributed by atoms with Gasteiger partial charge in [-0.1, -0.05) is 15.9 Å². The second kappa shape index (κ2) is 4.41. The third kappa shape index (κ3) is 3.08. The summed E-state index contributed by atoms with van der Waals surface area (Å²) in [7, 11) is 1.99. The third-order valence-corrected chi connectivity index (χ3v) is 2.96. The molecule has 0 spiro atoms. The van der Waals surface area contributed by atoms with Gasteiger partial charge in [0.05, 0.1) is 0 Å². The summed E-state index contributed by atoms with van der Waals surface area (Å²) in [6, 6.07) is 0. The van der Waals surface area contributed by atoms with E-state index in [1.807, 2.05) is 7.05 Å². The molecule has 0 heterocycles. The lowest BCUT2D eigenvalue weighted by Crippen LogP contribution is -2.35. The van der Waals surface area contributed by atoms with Crippen LogP contribution in [-0.2, 0) is 0 Å². The van der Waals surface area contributed by atoms with E-state index in [4.69, 9.17) is 0 Å². The fourth-order valence-corrected chi connectivity index (χ4v) is 2.54. The first-order chi connectivity index (χ1) is 5.22. The van der Waals surface area contributed by atoms with Gasteiger partial charge in [-0.3, -0.25) is 0 Å². The van der Waals surface area contributed by atoms with E-state index in [0.717, 1.165) is 17.3 Å². The third-order valence-electron chi connectivity index (χ3n) is 2.21. The van der Waals surface area contributed by atoms with E-state index in [9.17, 15) is 4.39 Å². The summed E-state index contributed by atoms with van der Waals surface area (Å²) in [4.78, 5) is 2.80. The van der Waals surface area contributed by atoms with Gasteiger partial charge >= 0.3 is 0 Å². The Bertz CT molecular complexity index is 112. The monoisotopic (exact) mass is 223 g/mol. The van der Waals surface area contributed by atoms with Crippen molar-refractivity contribution in [3.05, 3.63) is 0 Å². The number of nitrogens with zero attached hydrogens (tertiary/aromatic N) is 1. The predicted molar refractivity (Wildman–Crippen MR) is 48.9 cm³/mol. The number of hydrogen-bond acceptors (Lipinski definition) is 1. The Morgan fingerprint density at radius 1 is 1.55 bits per heavy atom. The van der Waals surface area contributed by atoms with Crippen LogP contribution in [0.4, 0.5) is 4.39 Å². The lowest BCUT2D eigenvalue weighted by atomic mass is 9.85. The fraction of sp³-hybridized carbons (Fsp3) is 1.00. The van der Waals surface area contributed by atoms with Crippen LogP contribution in [0.3, 0.4) is 0 Å². The van der Waals surface area contributed by atoms with Crippen molar-refractivity contribution in [2.75, 3.05) is 26.8 Å². The average Bonchev–Trinajstić information content (AvgIpc) is 1.85. The van der Waals surface area contributed by atoms with E-state index >= 15 is 0 Å². The number of halogens is 2. The maximum absolute atomic E-state index is 11.8. The van der Waals surface area contributed by atoms with Gasteiger partial charge in [0.2, 0.25) is 0 Å². The summed E-state index contributed by atoms with van der Waals surface area (Å²) in [6.45, 7) is 1.43. The molecule has 0 aromatic heterocycles. The van der Waals surface area contributed by atoms with Gasteiger partial charge in [0.25, 0.3) is 0 Å². The molecule has 0 N–H and O–H groups in total. The Balaban J connectivity index is 2.02. The van der Waals surface area contributed by atoms with E-state index in [1.54, 1.807) is 0 Å².